The van der Waals surface area contributed by atoms with Crippen molar-refractivity contribution >= 4 is 22.7 Å². The molecule has 0 radical (unpaired) electrons. The molecule has 9 nitrogen and oxygen atoms in total. The Morgan fingerprint density at radius 3 is 2.37 bits per heavy atom. The highest BCUT2D eigenvalue weighted by molar-refractivity contribution is 5.71. The van der Waals surface area contributed by atoms with Crippen LogP contribution in [0.25, 0.3) is 11.2 Å². The lowest BCUT2D eigenvalue weighted by Crippen LogP contribution is -2.42. The molecule has 2 saturated heterocycles. The van der Waals surface area contributed by atoms with Gasteiger partial charge in [0.15, 0.2) is 11.3 Å². The van der Waals surface area contributed by atoms with Gasteiger partial charge in [-0.1, -0.05) is 0 Å². The van der Waals surface area contributed by atoms with Gasteiger partial charge in [0.1, 0.15) is 17.9 Å². The third-order valence-corrected chi connectivity index (χ3v) is 6.77. The van der Waals surface area contributed by atoms with Crippen LogP contribution >= 0.6 is 0 Å². The van der Waals surface area contributed by atoms with Gasteiger partial charge in [-0.05, 0) is 24.7 Å². The van der Waals surface area contributed by atoms with Crippen LogP contribution in [0.1, 0.15) is 25.0 Å². The summed E-state index contributed by atoms with van der Waals surface area (Å²) in [5.41, 5.74) is -0.441. The standard InChI is InChI=1S/C21H23F5N8O/c1-35-19-28-9-14(17(31-19)21(24,25)26)33-7-4-20(12-33)2-5-32(6-3-20)16-10-27-13-8-29-34(11-15(22)23)18(13)30-16/h8-10,15H,2-7,11-12H2,1H3. The number of alkyl halides is 5. The smallest absolute Gasteiger partial charge is 0.435 e. The van der Waals surface area contributed by atoms with E-state index in [1.54, 1.807) is 11.1 Å². The zero-order valence-electron chi connectivity index (χ0n) is 18.8. The number of piperidine rings is 1. The van der Waals surface area contributed by atoms with Crippen molar-refractivity contribution in [3.05, 3.63) is 24.3 Å². The van der Waals surface area contributed by atoms with E-state index in [0.717, 1.165) is 23.9 Å². The van der Waals surface area contributed by atoms with E-state index in [2.05, 4.69) is 25.0 Å². The quantitative estimate of drug-likeness (QED) is 0.495. The largest absolute Gasteiger partial charge is 0.467 e. The zero-order valence-corrected chi connectivity index (χ0v) is 18.8. The number of halogens is 5. The molecule has 0 aromatic carbocycles. The van der Waals surface area contributed by atoms with Crippen LogP contribution in [0.4, 0.5) is 33.5 Å². The molecule has 0 bridgehead atoms. The van der Waals surface area contributed by atoms with Crippen LogP contribution in [0.15, 0.2) is 18.6 Å². The van der Waals surface area contributed by atoms with E-state index in [1.807, 2.05) is 4.90 Å². The van der Waals surface area contributed by atoms with Gasteiger partial charge in [-0.3, -0.25) is 0 Å². The Morgan fingerprint density at radius 1 is 1.00 bits per heavy atom. The third kappa shape index (κ3) is 4.52. The minimum Gasteiger partial charge on any atom is -0.467 e. The van der Waals surface area contributed by atoms with Crippen LogP contribution in [0.5, 0.6) is 6.01 Å². The second kappa shape index (κ2) is 8.72. The van der Waals surface area contributed by atoms with Gasteiger partial charge in [-0.15, -0.1) is 0 Å². The second-order valence-corrected chi connectivity index (χ2v) is 8.90. The molecular formula is C21H23F5N8O. The van der Waals surface area contributed by atoms with E-state index >= 15 is 0 Å². The molecule has 2 aliphatic rings. The van der Waals surface area contributed by atoms with Crippen LogP contribution in [-0.4, -0.2) is 69.4 Å². The Hall–Kier alpha value is -3.32. The fraction of sp³-hybridized carbons (Fsp3) is 0.571. The Balaban J connectivity index is 1.30. The maximum atomic E-state index is 13.6. The highest BCUT2D eigenvalue weighted by Gasteiger charge is 2.44. The zero-order chi connectivity index (χ0) is 24.8. The summed E-state index contributed by atoms with van der Waals surface area (Å²) in [7, 11) is 1.22. The number of rotatable bonds is 5. The monoisotopic (exact) mass is 498 g/mol. The summed E-state index contributed by atoms with van der Waals surface area (Å²) in [5, 5.41) is 3.94. The first-order chi connectivity index (χ1) is 16.7. The Labute approximate surface area is 196 Å². The van der Waals surface area contributed by atoms with Gasteiger partial charge in [-0.25, -0.2) is 28.4 Å². The molecule has 188 valence electrons. The first kappa shape index (κ1) is 23.4. The van der Waals surface area contributed by atoms with Gasteiger partial charge in [0.2, 0.25) is 0 Å². The van der Waals surface area contributed by atoms with Gasteiger partial charge in [-0.2, -0.15) is 23.3 Å². The molecule has 0 aliphatic carbocycles. The molecule has 1 spiro atoms. The Kier molecular flexibility index (Phi) is 5.83. The SMILES string of the molecule is COc1ncc(N2CCC3(CCN(c4cnc5cnn(CC(F)F)c5n4)CC3)C2)c(C(F)(F)F)n1. The summed E-state index contributed by atoms with van der Waals surface area (Å²) in [5.74, 6) is 0.570. The molecular weight excluding hydrogens is 475 g/mol. The molecule has 5 heterocycles. The maximum Gasteiger partial charge on any atom is 0.435 e. The minimum absolute atomic E-state index is 0.0405. The van der Waals surface area contributed by atoms with Gasteiger partial charge in [0.05, 0.1) is 31.4 Å². The predicted molar refractivity (Wildman–Crippen MR) is 116 cm³/mol. The fourth-order valence-corrected chi connectivity index (χ4v) is 4.91. The average Bonchev–Trinajstić information content (AvgIpc) is 3.42. The molecule has 0 atom stereocenters. The Bertz CT molecular complexity index is 1210. The number of hydrogen-bond donors (Lipinski definition) is 0. The first-order valence-corrected chi connectivity index (χ1v) is 11.1. The topological polar surface area (TPSA) is 85.1 Å². The molecule has 0 unspecified atom stereocenters. The molecule has 2 fully saturated rings. The summed E-state index contributed by atoms with van der Waals surface area (Å²) in [6, 6.07) is -0.323. The highest BCUT2D eigenvalue weighted by atomic mass is 19.4. The van der Waals surface area contributed by atoms with Crippen molar-refractivity contribution in [3.8, 4) is 6.01 Å². The fourth-order valence-electron chi connectivity index (χ4n) is 4.91. The van der Waals surface area contributed by atoms with Crippen molar-refractivity contribution < 1.29 is 26.7 Å². The van der Waals surface area contributed by atoms with Gasteiger partial charge >= 0.3 is 12.2 Å². The van der Waals surface area contributed by atoms with Gasteiger partial charge < -0.3 is 14.5 Å². The number of methoxy groups -OCH3 is 1. The molecule has 14 heteroatoms. The van der Waals surface area contributed by atoms with E-state index < -0.39 is 24.8 Å². The summed E-state index contributed by atoms with van der Waals surface area (Å²) < 4.78 is 72.5. The van der Waals surface area contributed by atoms with E-state index in [-0.39, 0.29) is 17.1 Å². The first-order valence-electron chi connectivity index (χ1n) is 11.1. The van der Waals surface area contributed by atoms with Crippen molar-refractivity contribution in [2.75, 3.05) is 43.1 Å². The lowest BCUT2D eigenvalue weighted by Gasteiger charge is -2.39. The molecule has 0 amide bonds. The molecule has 0 N–H and O–H groups in total. The van der Waals surface area contributed by atoms with Crippen LogP contribution in [0.2, 0.25) is 0 Å². The van der Waals surface area contributed by atoms with E-state index in [4.69, 9.17) is 4.74 Å². The number of nitrogens with zero attached hydrogens (tertiary/aromatic N) is 8. The predicted octanol–water partition coefficient (Wildman–Crippen LogP) is 3.41. The highest BCUT2D eigenvalue weighted by Crippen LogP contribution is 2.45. The lowest BCUT2D eigenvalue weighted by molar-refractivity contribution is -0.141. The molecule has 35 heavy (non-hydrogen) atoms. The van der Waals surface area contributed by atoms with Crippen LogP contribution in [0, 0.1) is 5.41 Å². The second-order valence-electron chi connectivity index (χ2n) is 8.90. The van der Waals surface area contributed by atoms with Crippen molar-refractivity contribution in [1.82, 2.24) is 29.7 Å². The minimum atomic E-state index is -4.63. The average molecular weight is 498 g/mol. The van der Waals surface area contributed by atoms with Crippen molar-refractivity contribution in [2.45, 2.75) is 38.4 Å². The van der Waals surface area contributed by atoms with Crippen molar-refractivity contribution in [2.24, 2.45) is 5.41 Å². The molecule has 2 aliphatic heterocycles. The lowest BCUT2D eigenvalue weighted by atomic mass is 9.78. The van der Waals surface area contributed by atoms with Gasteiger partial charge in [0.25, 0.3) is 6.43 Å². The third-order valence-electron chi connectivity index (χ3n) is 6.77. The molecule has 0 saturated carbocycles. The van der Waals surface area contributed by atoms with E-state index in [0.29, 0.717) is 43.2 Å². The molecule has 3 aromatic rings. The number of anilines is 2. The number of hydrogen-bond acceptors (Lipinski definition) is 8. The van der Waals surface area contributed by atoms with E-state index in [1.165, 1.54) is 19.5 Å². The van der Waals surface area contributed by atoms with Gasteiger partial charge in [0, 0.05) is 26.2 Å². The van der Waals surface area contributed by atoms with Crippen molar-refractivity contribution in [3.63, 3.8) is 0 Å². The normalized spacial score (nSPS) is 18.3. The van der Waals surface area contributed by atoms with E-state index in [9.17, 15) is 22.0 Å². The van der Waals surface area contributed by atoms with Crippen molar-refractivity contribution in [1.29, 1.82) is 0 Å². The summed E-state index contributed by atoms with van der Waals surface area (Å²) >= 11 is 0. The number of aromatic nitrogens is 6. The number of fused-ring (bicyclic) bond motifs is 1. The molecule has 5 rings (SSSR count). The van der Waals surface area contributed by atoms with Crippen LogP contribution in [-0.2, 0) is 12.7 Å². The summed E-state index contributed by atoms with van der Waals surface area (Å²) in [6.45, 7) is 1.63. The summed E-state index contributed by atoms with van der Waals surface area (Å²) in [4.78, 5) is 20.0. The maximum absolute atomic E-state index is 13.6. The number of ether oxygens (including phenoxy) is 1. The Morgan fingerprint density at radius 2 is 1.71 bits per heavy atom. The molecule has 3 aromatic heterocycles. The van der Waals surface area contributed by atoms with Crippen LogP contribution in [0.3, 0.4) is 0 Å². The summed E-state index contributed by atoms with van der Waals surface area (Å²) in [6.07, 6.45) is -0.760. The van der Waals surface area contributed by atoms with Crippen LogP contribution < -0.4 is 14.5 Å².